The molecule has 1 aromatic heterocycles. The first-order chi connectivity index (χ1) is 6.13. The number of aliphatic hydroxyl groups excluding tert-OH is 1. The maximum Gasteiger partial charge on any atom is 0.0582 e. The highest BCUT2D eigenvalue weighted by Gasteiger charge is 2.09. The van der Waals surface area contributed by atoms with E-state index in [4.69, 9.17) is 5.11 Å². The molecule has 74 valence electrons. The first-order valence-electron chi connectivity index (χ1n) is 4.56. The Labute approximate surface area is 83.6 Å². The van der Waals surface area contributed by atoms with E-state index >= 15 is 0 Å². The molecule has 0 radical (unpaired) electrons. The van der Waals surface area contributed by atoms with E-state index in [9.17, 15) is 0 Å². The fourth-order valence-corrected chi connectivity index (χ4v) is 2.14. The molecular formula is C10H17NOS. The highest BCUT2D eigenvalue weighted by molar-refractivity contribution is 7.12. The summed E-state index contributed by atoms with van der Waals surface area (Å²) in [5, 5.41) is 12.2. The third-order valence-corrected chi connectivity index (χ3v) is 3.18. The van der Waals surface area contributed by atoms with Gasteiger partial charge in [-0.25, -0.2) is 0 Å². The summed E-state index contributed by atoms with van der Waals surface area (Å²) in [5.41, 5.74) is 0. The monoisotopic (exact) mass is 199 g/mol. The maximum absolute atomic E-state index is 8.88. The molecule has 0 aromatic carbocycles. The summed E-state index contributed by atoms with van der Waals surface area (Å²) in [6, 6.07) is 4.77. The van der Waals surface area contributed by atoms with Gasteiger partial charge in [0.2, 0.25) is 0 Å². The van der Waals surface area contributed by atoms with Crippen molar-refractivity contribution < 1.29 is 5.11 Å². The van der Waals surface area contributed by atoms with Gasteiger partial charge >= 0.3 is 0 Å². The van der Waals surface area contributed by atoms with Crippen LogP contribution in [0.4, 0.5) is 0 Å². The molecule has 0 fully saturated rings. The quantitative estimate of drug-likeness (QED) is 0.778. The van der Waals surface area contributed by atoms with Gasteiger partial charge in [-0.2, -0.15) is 0 Å². The van der Waals surface area contributed by atoms with Gasteiger partial charge < -0.3 is 10.4 Å². The Bertz CT molecular complexity index is 259. The minimum absolute atomic E-state index is 0.164. The number of hydrogen-bond acceptors (Lipinski definition) is 3. The second kappa shape index (κ2) is 4.74. The molecule has 1 aromatic rings. The number of nitrogens with one attached hydrogen (secondary N) is 1. The van der Waals surface area contributed by atoms with Gasteiger partial charge in [-0.05, 0) is 32.9 Å². The van der Waals surface area contributed by atoms with Crippen molar-refractivity contribution in [2.24, 2.45) is 0 Å². The predicted molar refractivity (Wildman–Crippen MR) is 57.2 cm³/mol. The average Bonchev–Trinajstić information content (AvgIpc) is 2.51. The van der Waals surface area contributed by atoms with Crippen LogP contribution in [0.15, 0.2) is 12.1 Å². The molecule has 13 heavy (non-hydrogen) atoms. The normalized spacial score (nSPS) is 15.7. The Kier molecular flexibility index (Phi) is 3.90. The lowest BCUT2D eigenvalue weighted by atomic mass is 10.2. The molecule has 3 heteroatoms. The summed E-state index contributed by atoms with van der Waals surface area (Å²) in [4.78, 5) is 2.66. The lowest BCUT2D eigenvalue weighted by Gasteiger charge is -2.16. The third-order valence-electron chi connectivity index (χ3n) is 2.00. The summed E-state index contributed by atoms with van der Waals surface area (Å²) >= 11 is 1.80. The van der Waals surface area contributed by atoms with Crippen molar-refractivity contribution >= 4 is 11.3 Å². The zero-order valence-corrected chi connectivity index (χ0v) is 9.19. The Morgan fingerprint density at radius 2 is 2.15 bits per heavy atom. The molecule has 2 N–H and O–H groups in total. The number of hydrogen-bond donors (Lipinski definition) is 2. The smallest absolute Gasteiger partial charge is 0.0582 e. The van der Waals surface area contributed by atoms with E-state index in [0.717, 1.165) is 0 Å². The topological polar surface area (TPSA) is 32.3 Å². The van der Waals surface area contributed by atoms with Gasteiger partial charge in [-0.1, -0.05) is 0 Å². The van der Waals surface area contributed by atoms with Crippen molar-refractivity contribution in [2.45, 2.75) is 32.9 Å². The first kappa shape index (κ1) is 10.7. The maximum atomic E-state index is 8.88. The van der Waals surface area contributed by atoms with Crippen LogP contribution in [0.25, 0.3) is 0 Å². The molecule has 0 saturated heterocycles. The van der Waals surface area contributed by atoms with Gasteiger partial charge in [0.15, 0.2) is 0 Å². The summed E-state index contributed by atoms with van der Waals surface area (Å²) in [6.45, 7) is 6.40. The molecule has 0 aliphatic rings. The van der Waals surface area contributed by atoms with Crippen LogP contribution in [-0.2, 0) is 0 Å². The molecule has 0 unspecified atom stereocenters. The fourth-order valence-electron chi connectivity index (χ4n) is 1.25. The van der Waals surface area contributed by atoms with Crippen molar-refractivity contribution in [3.63, 3.8) is 0 Å². The van der Waals surface area contributed by atoms with E-state index in [1.165, 1.54) is 9.75 Å². The number of aliphatic hydroxyl groups is 1. The van der Waals surface area contributed by atoms with E-state index in [-0.39, 0.29) is 12.6 Å². The molecule has 0 amide bonds. The van der Waals surface area contributed by atoms with Crippen molar-refractivity contribution in [2.75, 3.05) is 6.61 Å². The fraction of sp³-hybridized carbons (Fsp3) is 0.600. The lowest BCUT2D eigenvalue weighted by Crippen LogP contribution is -2.31. The zero-order chi connectivity index (χ0) is 9.84. The van der Waals surface area contributed by atoms with Crippen molar-refractivity contribution in [3.8, 4) is 0 Å². The van der Waals surface area contributed by atoms with Gasteiger partial charge in [0.1, 0.15) is 0 Å². The largest absolute Gasteiger partial charge is 0.395 e. The highest BCUT2D eigenvalue weighted by Crippen LogP contribution is 2.22. The number of rotatable bonds is 4. The Morgan fingerprint density at radius 1 is 1.46 bits per heavy atom. The SMILES string of the molecule is Cc1ccc([C@@H](C)N[C@@H](C)CO)s1. The number of aryl methyl sites for hydroxylation is 1. The van der Waals surface area contributed by atoms with Crippen molar-refractivity contribution in [3.05, 3.63) is 21.9 Å². The van der Waals surface area contributed by atoms with Crippen LogP contribution >= 0.6 is 11.3 Å². The zero-order valence-electron chi connectivity index (χ0n) is 8.37. The highest BCUT2D eigenvalue weighted by atomic mass is 32.1. The summed E-state index contributed by atoms with van der Waals surface area (Å²) in [5.74, 6) is 0. The van der Waals surface area contributed by atoms with E-state index in [0.29, 0.717) is 6.04 Å². The van der Waals surface area contributed by atoms with Crippen LogP contribution < -0.4 is 5.32 Å². The predicted octanol–water partition coefficient (Wildman–Crippen LogP) is 2.09. The molecule has 1 heterocycles. The molecule has 2 nitrogen and oxygen atoms in total. The van der Waals surface area contributed by atoms with Crippen LogP contribution in [-0.4, -0.2) is 17.8 Å². The van der Waals surface area contributed by atoms with Crippen LogP contribution in [0.5, 0.6) is 0 Å². The van der Waals surface area contributed by atoms with Gasteiger partial charge in [0.25, 0.3) is 0 Å². The molecule has 0 aliphatic heterocycles. The Balaban J connectivity index is 2.53. The van der Waals surface area contributed by atoms with E-state index in [2.05, 4.69) is 31.3 Å². The van der Waals surface area contributed by atoms with Crippen LogP contribution in [0.1, 0.15) is 29.6 Å². The average molecular weight is 199 g/mol. The summed E-state index contributed by atoms with van der Waals surface area (Å²) in [6.07, 6.45) is 0. The van der Waals surface area contributed by atoms with E-state index in [1.807, 2.05) is 6.92 Å². The molecular weight excluding hydrogens is 182 g/mol. The minimum atomic E-state index is 0.164. The molecule has 0 aliphatic carbocycles. The van der Waals surface area contributed by atoms with Gasteiger partial charge in [0.05, 0.1) is 6.61 Å². The lowest BCUT2D eigenvalue weighted by molar-refractivity contribution is 0.243. The van der Waals surface area contributed by atoms with Crippen molar-refractivity contribution in [1.29, 1.82) is 0 Å². The molecule has 1 rings (SSSR count). The molecule has 0 saturated carbocycles. The van der Waals surface area contributed by atoms with Crippen molar-refractivity contribution in [1.82, 2.24) is 5.32 Å². The van der Waals surface area contributed by atoms with Crippen LogP contribution in [0, 0.1) is 6.92 Å². The Morgan fingerprint density at radius 3 is 2.62 bits per heavy atom. The summed E-state index contributed by atoms with van der Waals surface area (Å²) < 4.78 is 0. The second-order valence-corrected chi connectivity index (χ2v) is 4.74. The molecule has 2 atom stereocenters. The number of thiophene rings is 1. The third kappa shape index (κ3) is 3.10. The second-order valence-electron chi connectivity index (χ2n) is 3.42. The Hall–Kier alpha value is -0.380. The molecule has 0 bridgehead atoms. The van der Waals surface area contributed by atoms with E-state index < -0.39 is 0 Å². The first-order valence-corrected chi connectivity index (χ1v) is 5.38. The summed E-state index contributed by atoms with van der Waals surface area (Å²) in [7, 11) is 0. The van der Waals surface area contributed by atoms with E-state index in [1.54, 1.807) is 11.3 Å². The van der Waals surface area contributed by atoms with Gasteiger partial charge in [-0.15, -0.1) is 11.3 Å². The standard InChI is InChI=1S/C10H17NOS/c1-7(6-12)11-9(3)10-5-4-8(2)13-10/h4-5,7,9,11-12H,6H2,1-3H3/t7-,9+/m0/s1. The van der Waals surface area contributed by atoms with Crippen LogP contribution in [0.3, 0.4) is 0 Å². The minimum Gasteiger partial charge on any atom is -0.395 e. The van der Waals surface area contributed by atoms with Crippen LogP contribution in [0.2, 0.25) is 0 Å². The van der Waals surface area contributed by atoms with Gasteiger partial charge in [-0.3, -0.25) is 0 Å². The van der Waals surface area contributed by atoms with Gasteiger partial charge in [0, 0.05) is 21.8 Å². The molecule has 0 spiro atoms.